The van der Waals surface area contributed by atoms with Crippen molar-refractivity contribution in [3.63, 3.8) is 0 Å². The van der Waals surface area contributed by atoms with E-state index in [9.17, 15) is 17.6 Å². The molecular formula is C22H28Cl2F4N2O2. The van der Waals surface area contributed by atoms with Gasteiger partial charge in [-0.1, -0.05) is 0 Å². The molecule has 0 radical (unpaired) electrons. The molecule has 2 aliphatic heterocycles. The summed E-state index contributed by atoms with van der Waals surface area (Å²) in [7, 11) is 0. The molecule has 0 aromatic heterocycles. The molecule has 2 aromatic rings. The predicted molar refractivity (Wildman–Crippen MR) is 120 cm³/mol. The first-order valence-corrected chi connectivity index (χ1v) is 9.97. The highest BCUT2D eigenvalue weighted by Crippen LogP contribution is 2.31. The van der Waals surface area contributed by atoms with E-state index in [1.807, 2.05) is 0 Å². The molecule has 0 bridgehead atoms. The minimum Gasteiger partial charge on any atom is -0.396 e. The lowest BCUT2D eigenvalue weighted by atomic mass is 9.89. The van der Waals surface area contributed by atoms with Crippen molar-refractivity contribution in [2.24, 2.45) is 11.8 Å². The summed E-state index contributed by atoms with van der Waals surface area (Å²) in [4.78, 5) is 0. The van der Waals surface area contributed by atoms with E-state index in [1.165, 1.54) is 12.1 Å². The topological polar surface area (TPSA) is 64.5 Å². The van der Waals surface area contributed by atoms with Crippen LogP contribution >= 0.6 is 24.8 Å². The Bertz CT molecular complexity index is 793. The molecule has 2 fully saturated rings. The van der Waals surface area contributed by atoms with Crippen molar-refractivity contribution in [1.82, 2.24) is 10.6 Å². The molecule has 180 valence electrons. The van der Waals surface area contributed by atoms with Gasteiger partial charge in [0.05, 0.1) is 0 Å². The van der Waals surface area contributed by atoms with Gasteiger partial charge in [-0.2, -0.15) is 0 Å². The minimum absolute atomic E-state index is 0. The highest BCUT2D eigenvalue weighted by atomic mass is 35.5. The van der Waals surface area contributed by atoms with Gasteiger partial charge in [0, 0.05) is 63.1 Å². The maximum atomic E-state index is 13.5. The Morgan fingerprint density at radius 1 is 0.656 bits per heavy atom. The molecule has 4 atom stereocenters. The van der Waals surface area contributed by atoms with Crippen molar-refractivity contribution in [3.8, 4) is 0 Å². The van der Waals surface area contributed by atoms with Crippen LogP contribution in [0.25, 0.3) is 0 Å². The first-order chi connectivity index (χ1) is 14.4. The van der Waals surface area contributed by atoms with Crippen LogP contribution in [-0.4, -0.2) is 49.6 Å². The summed E-state index contributed by atoms with van der Waals surface area (Å²) in [5.41, 5.74) is 0.720. The molecule has 2 aromatic carbocycles. The van der Waals surface area contributed by atoms with Gasteiger partial charge in [-0.15, -0.1) is 24.8 Å². The zero-order valence-electron chi connectivity index (χ0n) is 17.2. The molecule has 32 heavy (non-hydrogen) atoms. The van der Waals surface area contributed by atoms with Crippen molar-refractivity contribution in [3.05, 3.63) is 70.8 Å². The van der Waals surface area contributed by atoms with Gasteiger partial charge in [-0.05, 0) is 47.5 Å². The van der Waals surface area contributed by atoms with Crippen LogP contribution in [-0.2, 0) is 0 Å². The molecule has 4 N–H and O–H groups in total. The highest BCUT2D eigenvalue weighted by molar-refractivity contribution is 5.85. The van der Waals surface area contributed by atoms with E-state index < -0.39 is 23.3 Å². The smallest absolute Gasteiger partial charge is 0.126 e. The van der Waals surface area contributed by atoms with Gasteiger partial charge in [-0.25, -0.2) is 17.6 Å². The summed E-state index contributed by atoms with van der Waals surface area (Å²) in [6.07, 6.45) is 0. The average Bonchev–Trinajstić information content (AvgIpc) is 3.41. The van der Waals surface area contributed by atoms with Crippen LogP contribution in [0.3, 0.4) is 0 Å². The number of rotatable bonds is 4. The number of benzene rings is 2. The van der Waals surface area contributed by atoms with Crippen LogP contribution in [0.1, 0.15) is 23.0 Å². The molecule has 4 rings (SSSR count). The zero-order chi connectivity index (χ0) is 21.7. The largest absolute Gasteiger partial charge is 0.396 e. The summed E-state index contributed by atoms with van der Waals surface area (Å²) < 4.78 is 52.9. The SMILES string of the molecule is Cl.Cl.OC[C@@H]1CNC[C@H]1c1cc(F)ccc1F.OC[C@H]1CNC[C@@H]1c1cc(F)ccc1F. The molecule has 0 spiro atoms. The van der Waals surface area contributed by atoms with E-state index in [4.69, 9.17) is 10.2 Å². The molecule has 2 saturated heterocycles. The predicted octanol–water partition coefficient (Wildman–Crippen LogP) is 3.36. The van der Waals surface area contributed by atoms with Crippen molar-refractivity contribution < 1.29 is 27.8 Å². The van der Waals surface area contributed by atoms with Gasteiger partial charge >= 0.3 is 0 Å². The third kappa shape index (κ3) is 6.79. The third-order valence-electron chi connectivity index (χ3n) is 5.86. The van der Waals surface area contributed by atoms with Gasteiger partial charge < -0.3 is 20.8 Å². The molecule has 0 unspecified atom stereocenters. The Hall–Kier alpha value is -1.42. The molecule has 2 aliphatic rings. The summed E-state index contributed by atoms with van der Waals surface area (Å²) in [6, 6.07) is 6.92. The van der Waals surface area contributed by atoms with Gasteiger partial charge in [-0.3, -0.25) is 0 Å². The second kappa shape index (κ2) is 13.3. The standard InChI is InChI=1S/2C11H13F2NO.2ClH/c2*12-8-1-2-11(13)9(3-8)10-5-14-4-7(10)6-15;;/h2*1-3,7,10,14-15H,4-6H2;2*1H/t2*7-,10+;;/m10../s1. The fraction of sp³-hybridized carbons (Fsp3) is 0.455. The normalized spacial score (nSPS) is 24.2. The molecule has 2 heterocycles. The second-order valence-electron chi connectivity index (χ2n) is 7.75. The first kappa shape index (κ1) is 28.6. The number of nitrogens with one attached hydrogen (secondary N) is 2. The Morgan fingerprint density at radius 3 is 1.38 bits per heavy atom. The van der Waals surface area contributed by atoms with E-state index in [1.54, 1.807) is 0 Å². The number of aliphatic hydroxyl groups excluding tert-OH is 2. The first-order valence-electron chi connectivity index (χ1n) is 9.97. The number of hydrogen-bond acceptors (Lipinski definition) is 4. The van der Waals surface area contributed by atoms with Crippen LogP contribution in [0, 0.1) is 35.1 Å². The summed E-state index contributed by atoms with van der Waals surface area (Å²) in [5.74, 6) is -1.99. The molecule has 10 heteroatoms. The number of halogens is 6. The number of aliphatic hydroxyl groups is 2. The van der Waals surface area contributed by atoms with Crippen LogP contribution in [0.5, 0.6) is 0 Å². The molecule has 0 amide bonds. The van der Waals surface area contributed by atoms with Gasteiger partial charge in [0.2, 0.25) is 0 Å². The number of hydrogen-bond donors (Lipinski definition) is 4. The van der Waals surface area contributed by atoms with E-state index in [0.29, 0.717) is 37.3 Å². The van der Waals surface area contributed by atoms with Gasteiger partial charge in [0.1, 0.15) is 23.3 Å². The quantitative estimate of drug-likeness (QED) is 0.488. The van der Waals surface area contributed by atoms with E-state index in [2.05, 4.69) is 10.6 Å². The molecular weight excluding hydrogens is 471 g/mol. The second-order valence-corrected chi connectivity index (χ2v) is 7.75. The minimum atomic E-state index is -0.435. The van der Waals surface area contributed by atoms with Crippen LogP contribution in [0.15, 0.2) is 36.4 Å². The maximum absolute atomic E-state index is 13.5. The average molecular weight is 499 g/mol. The molecule has 4 nitrogen and oxygen atoms in total. The van der Waals surface area contributed by atoms with E-state index in [0.717, 1.165) is 24.3 Å². The monoisotopic (exact) mass is 498 g/mol. The lowest BCUT2D eigenvalue weighted by Gasteiger charge is -2.17. The Balaban J connectivity index is 0.000000301. The Morgan fingerprint density at radius 2 is 1.03 bits per heavy atom. The van der Waals surface area contributed by atoms with Crippen molar-refractivity contribution in [1.29, 1.82) is 0 Å². The lowest BCUT2D eigenvalue weighted by Crippen LogP contribution is -2.16. The van der Waals surface area contributed by atoms with Crippen molar-refractivity contribution >= 4 is 24.8 Å². The van der Waals surface area contributed by atoms with Crippen molar-refractivity contribution in [2.75, 3.05) is 39.4 Å². The summed E-state index contributed by atoms with van der Waals surface area (Å²) in [5, 5.41) is 24.3. The maximum Gasteiger partial charge on any atom is 0.126 e. The van der Waals surface area contributed by atoms with Crippen LogP contribution < -0.4 is 10.6 Å². The van der Waals surface area contributed by atoms with E-state index >= 15 is 0 Å². The summed E-state index contributed by atoms with van der Waals surface area (Å²) >= 11 is 0. The third-order valence-corrected chi connectivity index (χ3v) is 5.86. The summed E-state index contributed by atoms with van der Waals surface area (Å²) in [6.45, 7) is 2.46. The highest BCUT2D eigenvalue weighted by Gasteiger charge is 2.30. The Kier molecular flexibility index (Phi) is 11.9. The Labute approximate surface area is 197 Å². The van der Waals surface area contributed by atoms with Crippen molar-refractivity contribution in [2.45, 2.75) is 11.8 Å². The molecule has 0 aliphatic carbocycles. The lowest BCUT2D eigenvalue weighted by molar-refractivity contribution is 0.225. The fourth-order valence-electron chi connectivity index (χ4n) is 4.18. The molecule has 0 saturated carbocycles. The fourth-order valence-corrected chi connectivity index (χ4v) is 4.18. The van der Waals surface area contributed by atoms with E-state index in [-0.39, 0.29) is 61.7 Å². The zero-order valence-corrected chi connectivity index (χ0v) is 18.9. The van der Waals surface area contributed by atoms with Gasteiger partial charge in [0.15, 0.2) is 0 Å². The van der Waals surface area contributed by atoms with Gasteiger partial charge in [0.25, 0.3) is 0 Å². The van der Waals surface area contributed by atoms with Crippen LogP contribution in [0.2, 0.25) is 0 Å². The van der Waals surface area contributed by atoms with Crippen LogP contribution in [0.4, 0.5) is 17.6 Å².